The number of hydrogen-bond acceptors (Lipinski definition) is 5. The Balaban J connectivity index is 1.65. The van der Waals surface area contributed by atoms with Gasteiger partial charge in [-0.15, -0.1) is 0 Å². The second-order valence-electron chi connectivity index (χ2n) is 6.25. The molecule has 2 fully saturated rings. The quantitative estimate of drug-likeness (QED) is 0.844. The lowest BCUT2D eigenvalue weighted by Gasteiger charge is -2.34. The van der Waals surface area contributed by atoms with Gasteiger partial charge >= 0.3 is 0 Å². The number of carbonyl (C=O) groups is 2. The number of nitrogens with zero attached hydrogens (tertiary/aromatic N) is 3. The zero-order valence-corrected chi connectivity index (χ0v) is 14.5. The summed E-state index contributed by atoms with van der Waals surface area (Å²) in [4.78, 5) is 29.9. The third kappa shape index (κ3) is 3.87. The molecule has 2 saturated heterocycles. The van der Waals surface area contributed by atoms with E-state index in [2.05, 4.69) is 29.0 Å². The zero-order valence-electron chi connectivity index (χ0n) is 13.7. The Hall–Kier alpha value is -1.53. The summed E-state index contributed by atoms with van der Waals surface area (Å²) in [5, 5.41) is 0.160. The third-order valence-electron chi connectivity index (χ3n) is 4.45. The van der Waals surface area contributed by atoms with Crippen LogP contribution < -0.4 is 9.80 Å². The maximum Gasteiger partial charge on any atom is 0.228 e. The molecule has 0 radical (unpaired) electrons. The first-order chi connectivity index (χ1) is 11.0. The van der Waals surface area contributed by atoms with Crippen molar-refractivity contribution < 1.29 is 9.59 Å². The topological polar surface area (TPSA) is 43.9 Å². The van der Waals surface area contributed by atoms with Crippen molar-refractivity contribution >= 4 is 34.2 Å². The lowest BCUT2D eigenvalue weighted by Crippen LogP contribution is -2.44. The largest absolute Gasteiger partial charge is 0.369 e. The van der Waals surface area contributed by atoms with Gasteiger partial charge in [0.2, 0.25) is 5.91 Å². The first-order valence-electron chi connectivity index (χ1n) is 8.04. The molecule has 2 heterocycles. The second-order valence-corrected chi connectivity index (χ2v) is 7.72. The number of carbonyl (C=O) groups excluding carboxylic acids is 2. The van der Waals surface area contributed by atoms with E-state index in [4.69, 9.17) is 0 Å². The number of thioether (sulfide) groups is 1. The fourth-order valence-electron chi connectivity index (χ4n) is 3.15. The first kappa shape index (κ1) is 16.3. The Morgan fingerprint density at radius 1 is 1.09 bits per heavy atom. The van der Waals surface area contributed by atoms with Crippen LogP contribution in [0.3, 0.4) is 0 Å². The van der Waals surface area contributed by atoms with Gasteiger partial charge in [0.25, 0.3) is 0 Å². The molecule has 1 atom stereocenters. The van der Waals surface area contributed by atoms with Gasteiger partial charge < -0.3 is 14.7 Å². The van der Waals surface area contributed by atoms with Crippen molar-refractivity contribution in [3.63, 3.8) is 0 Å². The molecule has 2 aliphatic heterocycles. The van der Waals surface area contributed by atoms with Crippen molar-refractivity contribution in [2.45, 2.75) is 18.6 Å². The summed E-state index contributed by atoms with van der Waals surface area (Å²) >= 11 is 1.28. The summed E-state index contributed by atoms with van der Waals surface area (Å²) in [5.41, 5.74) is 2.14. The number of benzene rings is 1. The van der Waals surface area contributed by atoms with E-state index < -0.39 is 0 Å². The molecule has 1 unspecified atom stereocenters. The number of anilines is 2. The van der Waals surface area contributed by atoms with Crippen LogP contribution >= 0.6 is 11.8 Å². The Morgan fingerprint density at radius 3 is 2.30 bits per heavy atom. The average Bonchev–Trinajstić information content (AvgIpc) is 2.88. The van der Waals surface area contributed by atoms with Crippen LogP contribution in [-0.2, 0) is 9.59 Å². The molecule has 0 spiro atoms. The van der Waals surface area contributed by atoms with Crippen LogP contribution in [0, 0.1) is 0 Å². The van der Waals surface area contributed by atoms with E-state index in [0.29, 0.717) is 13.0 Å². The van der Waals surface area contributed by atoms with Crippen molar-refractivity contribution in [2.75, 3.05) is 49.6 Å². The zero-order chi connectivity index (χ0) is 16.4. The molecule has 1 aromatic carbocycles. The average molecular weight is 333 g/mol. The maximum absolute atomic E-state index is 12.2. The van der Waals surface area contributed by atoms with E-state index in [1.807, 2.05) is 12.1 Å². The number of amides is 1. The van der Waals surface area contributed by atoms with E-state index >= 15 is 0 Å². The molecular formula is C17H23N3O2S. The van der Waals surface area contributed by atoms with Crippen LogP contribution in [-0.4, -0.2) is 60.9 Å². The Kier molecular flexibility index (Phi) is 4.92. The van der Waals surface area contributed by atoms with Crippen LogP contribution in [0.2, 0.25) is 0 Å². The minimum atomic E-state index is 0.0788. The molecular weight excluding hydrogens is 310 g/mol. The van der Waals surface area contributed by atoms with Gasteiger partial charge in [-0.05, 0) is 31.3 Å². The normalized spacial score (nSPS) is 22.7. The fraction of sp³-hybridized carbons (Fsp3) is 0.529. The van der Waals surface area contributed by atoms with Crippen molar-refractivity contribution in [3.8, 4) is 0 Å². The van der Waals surface area contributed by atoms with Gasteiger partial charge in [-0.1, -0.05) is 11.8 Å². The molecule has 1 amide bonds. The van der Waals surface area contributed by atoms with Crippen molar-refractivity contribution in [1.82, 2.24) is 4.90 Å². The molecule has 0 N–H and O–H groups in total. The van der Waals surface area contributed by atoms with Gasteiger partial charge in [-0.3, -0.25) is 9.59 Å². The SMILES string of the molecule is CC(=O)SC1CC(=O)N(c2ccc(N3CCN(C)CC3)cc2)C1. The Morgan fingerprint density at radius 2 is 1.70 bits per heavy atom. The highest BCUT2D eigenvalue weighted by Crippen LogP contribution is 2.30. The molecule has 0 aliphatic carbocycles. The minimum Gasteiger partial charge on any atom is -0.369 e. The summed E-state index contributed by atoms with van der Waals surface area (Å²) in [6.45, 7) is 6.41. The number of hydrogen-bond donors (Lipinski definition) is 0. The maximum atomic E-state index is 12.2. The number of likely N-dealkylation sites (N-methyl/N-ethyl adjacent to an activating group) is 1. The molecule has 0 bridgehead atoms. The molecule has 6 heteroatoms. The van der Waals surface area contributed by atoms with Gasteiger partial charge in [-0.25, -0.2) is 0 Å². The number of rotatable bonds is 3. The number of piperazine rings is 1. The van der Waals surface area contributed by atoms with E-state index in [9.17, 15) is 9.59 Å². The molecule has 124 valence electrons. The van der Waals surface area contributed by atoms with E-state index in [1.165, 1.54) is 17.4 Å². The van der Waals surface area contributed by atoms with Gasteiger partial charge in [0, 0.05) is 62.7 Å². The second kappa shape index (κ2) is 6.93. The summed E-state index contributed by atoms with van der Waals surface area (Å²) in [7, 11) is 2.15. The van der Waals surface area contributed by atoms with Gasteiger partial charge in [0.05, 0.1) is 0 Å². The van der Waals surface area contributed by atoms with E-state index in [1.54, 1.807) is 11.8 Å². The van der Waals surface area contributed by atoms with Crippen molar-refractivity contribution in [1.29, 1.82) is 0 Å². The predicted molar refractivity (Wildman–Crippen MR) is 95.2 cm³/mol. The Bertz CT molecular complexity index is 582. The molecule has 1 aromatic rings. The van der Waals surface area contributed by atoms with Gasteiger partial charge in [0.15, 0.2) is 5.12 Å². The van der Waals surface area contributed by atoms with Crippen LogP contribution in [0.5, 0.6) is 0 Å². The molecule has 0 saturated carbocycles. The first-order valence-corrected chi connectivity index (χ1v) is 8.92. The smallest absolute Gasteiger partial charge is 0.228 e. The molecule has 2 aliphatic rings. The highest BCUT2D eigenvalue weighted by molar-refractivity contribution is 8.14. The minimum absolute atomic E-state index is 0.0788. The summed E-state index contributed by atoms with van der Waals surface area (Å²) in [6.07, 6.45) is 0.449. The lowest BCUT2D eigenvalue weighted by atomic mass is 10.2. The summed E-state index contributed by atoms with van der Waals surface area (Å²) in [6, 6.07) is 8.23. The molecule has 3 rings (SSSR count). The Labute approximate surface area is 141 Å². The van der Waals surface area contributed by atoms with Crippen molar-refractivity contribution in [3.05, 3.63) is 24.3 Å². The lowest BCUT2D eigenvalue weighted by molar-refractivity contribution is -0.117. The van der Waals surface area contributed by atoms with E-state index in [0.717, 1.165) is 31.9 Å². The van der Waals surface area contributed by atoms with E-state index in [-0.39, 0.29) is 16.3 Å². The highest BCUT2D eigenvalue weighted by atomic mass is 32.2. The van der Waals surface area contributed by atoms with Crippen LogP contribution in [0.15, 0.2) is 24.3 Å². The molecule has 23 heavy (non-hydrogen) atoms. The standard InChI is InChI=1S/C17H23N3O2S/c1-13(21)23-16-11-17(22)20(12-16)15-5-3-14(4-6-15)19-9-7-18(2)8-10-19/h3-6,16H,7-12H2,1-2H3. The van der Waals surface area contributed by atoms with Gasteiger partial charge in [-0.2, -0.15) is 0 Å². The predicted octanol–water partition coefficient (Wildman–Crippen LogP) is 1.82. The highest BCUT2D eigenvalue weighted by Gasteiger charge is 2.31. The van der Waals surface area contributed by atoms with Crippen LogP contribution in [0.1, 0.15) is 13.3 Å². The van der Waals surface area contributed by atoms with Crippen molar-refractivity contribution in [2.24, 2.45) is 0 Å². The molecule has 0 aromatic heterocycles. The third-order valence-corrected chi connectivity index (χ3v) is 5.43. The van der Waals surface area contributed by atoms with Gasteiger partial charge in [0.1, 0.15) is 0 Å². The molecule has 5 nitrogen and oxygen atoms in total. The summed E-state index contributed by atoms with van der Waals surface area (Å²) in [5.74, 6) is 0.107. The van der Waals surface area contributed by atoms with Crippen LogP contribution in [0.4, 0.5) is 11.4 Å². The summed E-state index contributed by atoms with van der Waals surface area (Å²) < 4.78 is 0. The fourth-order valence-corrected chi connectivity index (χ4v) is 4.06. The van der Waals surface area contributed by atoms with Crippen LogP contribution in [0.25, 0.3) is 0 Å². The monoisotopic (exact) mass is 333 g/mol.